The zero-order valence-electron chi connectivity index (χ0n) is 30.3. The first-order valence-electron chi connectivity index (χ1n) is 19.3. The van der Waals surface area contributed by atoms with E-state index in [1.54, 1.807) is 0 Å². The molecule has 12 rings (SSSR count). The molecule has 0 radical (unpaired) electrons. The second-order valence-electron chi connectivity index (χ2n) is 15.0. The number of fused-ring (bicyclic) bond motifs is 6. The van der Waals surface area contributed by atoms with Crippen molar-refractivity contribution in [2.75, 3.05) is 9.80 Å². The van der Waals surface area contributed by atoms with Gasteiger partial charge in [0.25, 0.3) is 0 Å². The number of hydrogen-bond acceptors (Lipinski definition) is 4. The molecule has 0 N–H and O–H groups in total. The first kappa shape index (κ1) is 31.3. The maximum atomic E-state index is 6.89. The fourth-order valence-electron chi connectivity index (χ4n) is 9.56. The quantitative estimate of drug-likeness (QED) is 0.160. The Kier molecular flexibility index (Phi) is 6.84. The summed E-state index contributed by atoms with van der Waals surface area (Å²) < 4.78 is 13.5. The highest BCUT2D eigenvalue weighted by Gasteiger charge is 2.45. The summed E-state index contributed by atoms with van der Waals surface area (Å²) in [6.07, 6.45) is 15.6. The van der Waals surface area contributed by atoms with Crippen molar-refractivity contribution in [2.45, 2.75) is 12.2 Å². The minimum absolute atomic E-state index is 0.0630. The van der Waals surface area contributed by atoms with E-state index in [1.807, 2.05) is 6.07 Å². The van der Waals surface area contributed by atoms with E-state index in [9.17, 15) is 0 Å². The number of allylic oxidation sites excluding steroid dienone is 4. The number of para-hydroxylation sites is 3. The Morgan fingerprint density at radius 3 is 1.91 bits per heavy atom. The number of hydrogen-bond donors (Lipinski definition) is 0. The van der Waals surface area contributed by atoms with Gasteiger partial charge < -0.3 is 19.0 Å². The van der Waals surface area contributed by atoms with Gasteiger partial charge in [-0.1, -0.05) is 127 Å². The minimum Gasteiger partial charge on any atom is -0.445 e. The Bertz CT molecular complexity index is 3100. The van der Waals surface area contributed by atoms with E-state index >= 15 is 0 Å². The largest absolute Gasteiger partial charge is 0.445 e. The highest BCUT2D eigenvalue weighted by molar-refractivity contribution is 6.28. The highest BCUT2D eigenvalue weighted by Crippen LogP contribution is 2.50. The van der Waals surface area contributed by atoms with Gasteiger partial charge in [-0.3, -0.25) is 0 Å². The lowest BCUT2D eigenvalue weighted by atomic mass is 9.81. The number of benzene rings is 7. The zero-order chi connectivity index (χ0) is 36.7. The fraction of sp³-hybridized carbons (Fsp3) is 0.0769. The van der Waals surface area contributed by atoms with Gasteiger partial charge in [-0.15, -0.1) is 0 Å². The minimum atomic E-state index is -0.0800. The molecule has 0 spiro atoms. The van der Waals surface area contributed by atoms with Crippen LogP contribution in [0.4, 0.5) is 28.4 Å². The Morgan fingerprint density at radius 2 is 1.16 bits per heavy atom. The predicted octanol–water partition coefficient (Wildman–Crippen LogP) is 13.3. The third-order valence-corrected chi connectivity index (χ3v) is 12.0. The molecular weight excluding hydrogens is 685 g/mol. The van der Waals surface area contributed by atoms with Gasteiger partial charge in [-0.05, 0) is 88.3 Å². The number of rotatable bonds is 6. The summed E-state index contributed by atoms with van der Waals surface area (Å²) >= 11 is 0. The summed E-state index contributed by atoms with van der Waals surface area (Å²) in [5.74, 6) is 0.572. The molecule has 1 fully saturated rings. The highest BCUT2D eigenvalue weighted by atomic mass is 16.5. The standard InChI is InChI=1S/C52H34N2O2/c1-3-13-35(14-4-1)53(45-21-11-19-39-37-17-7-9-23-47(37)55-51(39)45)43-31-27-33-26-30-42-44(32-28-34-25-29-41(43)49(33)50(34)42)54(36-15-5-2-6-16-36)46-22-12-20-40-38-18-8-10-24-48(38)56-52(40)46/h1-9,11-23,25-32,37,39,47,51H/t37-,39?,47?,51?/m0/s1. The topological polar surface area (TPSA) is 28.9 Å². The van der Waals surface area contributed by atoms with E-state index in [0.29, 0.717) is 11.5 Å². The van der Waals surface area contributed by atoms with Crippen LogP contribution in [0, 0.1) is 24.0 Å². The average Bonchev–Trinajstić information content (AvgIpc) is 3.84. The summed E-state index contributed by atoms with van der Waals surface area (Å²) in [5.41, 5.74) is 8.02. The first-order valence-corrected chi connectivity index (χ1v) is 19.3. The van der Waals surface area contributed by atoms with E-state index in [2.05, 4.69) is 198 Å². The van der Waals surface area contributed by atoms with Gasteiger partial charge in [0.2, 0.25) is 0 Å². The van der Waals surface area contributed by atoms with Crippen LogP contribution in [0.2, 0.25) is 0 Å². The molecular formula is C52H34N2O2. The maximum absolute atomic E-state index is 6.89. The van der Waals surface area contributed by atoms with Crippen molar-refractivity contribution in [1.29, 1.82) is 0 Å². The van der Waals surface area contributed by atoms with Gasteiger partial charge in [-0.2, -0.15) is 0 Å². The molecule has 4 nitrogen and oxygen atoms in total. The molecule has 56 heavy (non-hydrogen) atoms. The molecule has 1 aromatic heterocycles. The van der Waals surface area contributed by atoms with Crippen LogP contribution in [0.3, 0.4) is 0 Å². The van der Waals surface area contributed by atoms with E-state index in [4.69, 9.17) is 9.15 Å². The third kappa shape index (κ3) is 4.59. The van der Waals surface area contributed by atoms with Crippen LogP contribution in [-0.2, 0) is 4.74 Å². The lowest BCUT2D eigenvalue weighted by molar-refractivity contribution is 0.0804. The van der Waals surface area contributed by atoms with Crippen molar-refractivity contribution >= 4 is 82.7 Å². The van der Waals surface area contributed by atoms with Crippen LogP contribution in [-0.4, -0.2) is 12.2 Å². The maximum Gasteiger partial charge on any atom is 0.185 e. The molecule has 1 aliphatic heterocycles. The summed E-state index contributed by atoms with van der Waals surface area (Å²) in [7, 11) is 0. The molecule has 2 aliphatic carbocycles. The van der Waals surface area contributed by atoms with Gasteiger partial charge in [0.1, 0.15) is 6.10 Å². The van der Waals surface area contributed by atoms with Crippen LogP contribution >= 0.6 is 0 Å². The number of furan rings is 1. The van der Waals surface area contributed by atoms with Crippen LogP contribution in [0.15, 0.2) is 192 Å². The van der Waals surface area contributed by atoms with E-state index in [1.165, 1.54) is 32.3 Å². The molecule has 8 aromatic carbocycles. The van der Waals surface area contributed by atoms with Gasteiger partial charge in [0.15, 0.2) is 11.2 Å². The molecule has 9 aromatic rings. The van der Waals surface area contributed by atoms with Gasteiger partial charge in [0, 0.05) is 44.8 Å². The van der Waals surface area contributed by atoms with Crippen molar-refractivity contribution < 1.29 is 9.15 Å². The summed E-state index contributed by atoms with van der Waals surface area (Å²) in [6.45, 7) is 0. The smallest absolute Gasteiger partial charge is 0.185 e. The molecule has 4 atom stereocenters. The van der Waals surface area contributed by atoms with Crippen LogP contribution in [0.5, 0.6) is 0 Å². The SMILES string of the molecule is c1ccc2c(c#1)oc1c(N(c3ccccc3)c3ccc4ccc5c(N(C6=CC=CC7C6OC6C=CC=C[C@H]67)c6ccccc6)ccc6ccc3c4c65)cccc12. The van der Waals surface area contributed by atoms with E-state index in [0.717, 1.165) is 50.5 Å². The number of anilines is 5. The monoisotopic (exact) mass is 718 g/mol. The van der Waals surface area contributed by atoms with E-state index < -0.39 is 0 Å². The van der Waals surface area contributed by atoms with Crippen LogP contribution < -0.4 is 9.80 Å². The van der Waals surface area contributed by atoms with Crippen LogP contribution in [0.1, 0.15) is 0 Å². The second-order valence-corrected chi connectivity index (χ2v) is 15.0. The average molecular weight is 719 g/mol. The Balaban J connectivity index is 1.09. The zero-order valence-corrected chi connectivity index (χ0v) is 30.3. The van der Waals surface area contributed by atoms with Crippen molar-refractivity contribution in [2.24, 2.45) is 11.8 Å². The Morgan fingerprint density at radius 1 is 0.500 bits per heavy atom. The van der Waals surface area contributed by atoms with Crippen molar-refractivity contribution in [1.82, 2.24) is 0 Å². The molecule has 4 heteroatoms. The number of ether oxygens (including phenoxy) is 1. The molecule has 2 heterocycles. The second kappa shape index (κ2) is 12.2. The van der Waals surface area contributed by atoms with Gasteiger partial charge in [-0.25, -0.2) is 0 Å². The van der Waals surface area contributed by atoms with E-state index in [-0.39, 0.29) is 18.1 Å². The lowest BCUT2D eigenvalue weighted by Crippen LogP contribution is -2.32. The molecule has 1 saturated heterocycles. The van der Waals surface area contributed by atoms with Gasteiger partial charge >= 0.3 is 0 Å². The predicted molar refractivity (Wildman–Crippen MR) is 230 cm³/mol. The lowest BCUT2D eigenvalue weighted by Gasteiger charge is -2.35. The summed E-state index contributed by atoms with van der Waals surface area (Å²) in [4.78, 5) is 4.78. The molecule has 0 saturated carbocycles. The molecule has 0 amide bonds. The molecule has 3 unspecified atom stereocenters. The fourth-order valence-corrected chi connectivity index (χ4v) is 9.56. The van der Waals surface area contributed by atoms with Crippen molar-refractivity contribution in [3.63, 3.8) is 0 Å². The summed E-state index contributed by atoms with van der Waals surface area (Å²) in [6, 6.07) is 56.2. The Labute approximate surface area is 324 Å². The van der Waals surface area contributed by atoms with Gasteiger partial charge in [0.05, 0.1) is 28.9 Å². The first-order chi connectivity index (χ1) is 27.8. The number of nitrogens with zero attached hydrogens (tertiary/aromatic N) is 2. The van der Waals surface area contributed by atoms with Crippen molar-refractivity contribution in [3.05, 3.63) is 200 Å². The third-order valence-electron chi connectivity index (χ3n) is 12.0. The molecule has 264 valence electrons. The molecule has 3 aliphatic rings. The normalized spacial score (nSPS) is 19.8. The van der Waals surface area contributed by atoms with Crippen LogP contribution in [0.25, 0.3) is 54.3 Å². The Hall–Kier alpha value is -7.06. The summed E-state index contributed by atoms with van der Waals surface area (Å²) in [5, 5.41) is 9.34. The van der Waals surface area contributed by atoms with Crippen molar-refractivity contribution in [3.8, 4) is 0 Å². The molecule has 0 bridgehead atoms.